The van der Waals surface area contributed by atoms with Gasteiger partial charge in [0.05, 0.1) is 61.7 Å². The first-order valence-corrected chi connectivity index (χ1v) is 41.5. The van der Waals surface area contributed by atoms with Crippen molar-refractivity contribution >= 4 is 23.5 Å². The number of ether oxygens (including phenoxy) is 15. The van der Waals surface area contributed by atoms with Gasteiger partial charge in [-0.15, -0.1) is 0 Å². The number of cyclic esters (lactones) is 2. The highest BCUT2D eigenvalue weighted by atomic mass is 16.7. The fourth-order valence-electron chi connectivity index (χ4n) is 20.9. The second-order valence-corrected chi connectivity index (χ2v) is 33.7. The standard InChI is InChI=1S/C44H69NO10.C42H65NO10.CH4/c1-10-12-14-29-15-13-16-37(55-39-20-19-36(45(6)7)26(4)51-39)25(3)40(47)35-23-33-31(34(35)24-38(46)53-29)18-17-28-21-30(22-32(28)33)54-44-43(50-11-2)42(49-9)41(48-8)27(5)52-44;1-9-10-12-27-13-11-14-35(53-37-18-17-34(43(5)6)24(3)49-37)23(2)38(45)33-21-31-29(32(33)22-36(44)51-27)16-15-26-19-28(20-30(26)31)52-42-39(46)41(48-8)40(47-7)25(4)50-42;/h12,14,17-18,23,25-34,36-37,39,41-44H,10-11,13,15-16,19-22,24H2,1-9H3;10,12,15-16,21,23-32,34-35,37,39-42,46H,9,11,13-14,17-20,22H2,1-8H3;1H4/b14-12+;12-10+;/t25-,26-,27+,28?,29+,30-,31?,32?,33?,34?,36+,37+,39?,41+,42-,43-,44+;23-,24-,25+,26?,27+,28-,29?,30?,31?,32?,34+,35+,37?,39-,40+,41+,42+;/m11./s1. The molecule has 616 valence electrons. The fraction of sp³-hybridized carbons (Fsp3) is 0.816. The number of ketones is 2. The topological polar surface area (TPSA) is 233 Å². The maximum atomic E-state index is 14.8. The second kappa shape index (κ2) is 40.1. The van der Waals surface area contributed by atoms with Crippen LogP contribution in [0.15, 0.2) is 71.9 Å². The molecule has 0 aromatic heterocycles. The number of Topliss-reactive ketones (excluding diaryl/α,β-unsaturated/α-hetero) is 2. The van der Waals surface area contributed by atoms with Crippen LogP contribution in [0.3, 0.4) is 0 Å². The van der Waals surface area contributed by atoms with E-state index in [1.807, 2.05) is 46.8 Å². The number of aliphatic hydroxyl groups is 1. The third kappa shape index (κ3) is 20.3. The Bertz CT molecular complexity index is 3130. The zero-order valence-corrected chi connectivity index (χ0v) is 67.9. The summed E-state index contributed by atoms with van der Waals surface area (Å²) < 4.78 is 93.3. The van der Waals surface area contributed by atoms with E-state index in [1.54, 1.807) is 28.4 Å². The van der Waals surface area contributed by atoms with Crippen LogP contribution < -0.4 is 0 Å². The largest absolute Gasteiger partial charge is 0.458 e. The molecule has 0 aromatic carbocycles. The van der Waals surface area contributed by atoms with Gasteiger partial charge in [0, 0.05) is 70.8 Å². The molecule has 12 rings (SSSR count). The van der Waals surface area contributed by atoms with E-state index in [1.165, 1.54) is 0 Å². The van der Waals surface area contributed by atoms with Crippen LogP contribution in [0, 0.1) is 71.0 Å². The number of allylic oxidation sites excluding steroid dienone is 10. The van der Waals surface area contributed by atoms with Crippen molar-refractivity contribution in [1.82, 2.24) is 9.80 Å². The van der Waals surface area contributed by atoms with E-state index in [0.29, 0.717) is 44.4 Å². The van der Waals surface area contributed by atoms with Gasteiger partial charge >= 0.3 is 11.9 Å². The third-order valence-corrected chi connectivity index (χ3v) is 26.5. The number of hydrogen-bond acceptors (Lipinski definition) is 22. The lowest BCUT2D eigenvalue weighted by Crippen LogP contribution is -2.60. The van der Waals surface area contributed by atoms with Gasteiger partial charge in [0.25, 0.3) is 0 Å². The molecule has 0 amide bonds. The van der Waals surface area contributed by atoms with Gasteiger partial charge in [-0.1, -0.05) is 83.7 Å². The quantitative estimate of drug-likeness (QED) is 0.0881. The molecule has 6 heterocycles. The zero-order valence-electron chi connectivity index (χ0n) is 67.9. The zero-order chi connectivity index (χ0) is 77.4. The molecule has 22 heteroatoms. The predicted molar refractivity (Wildman–Crippen MR) is 413 cm³/mol. The van der Waals surface area contributed by atoms with Gasteiger partial charge in [-0.2, -0.15) is 0 Å². The summed E-state index contributed by atoms with van der Waals surface area (Å²) in [5, 5.41) is 11.1. The summed E-state index contributed by atoms with van der Waals surface area (Å²) in [5.74, 6) is -0.448. The van der Waals surface area contributed by atoms with Crippen molar-refractivity contribution in [2.75, 3.05) is 63.2 Å². The number of methoxy groups -OCH3 is 4. The normalized spacial score (nSPS) is 44.2. The molecule has 0 spiro atoms. The monoisotopic (exact) mass is 1530 g/mol. The number of aliphatic hydroxyl groups excluding tert-OH is 1. The Kier molecular flexibility index (Phi) is 32.2. The maximum Gasteiger partial charge on any atom is 0.307 e. The molecule has 12 aliphatic rings. The summed E-state index contributed by atoms with van der Waals surface area (Å²) >= 11 is 0. The van der Waals surface area contributed by atoms with Crippen LogP contribution >= 0.6 is 0 Å². The molecule has 109 heavy (non-hydrogen) atoms. The smallest absolute Gasteiger partial charge is 0.307 e. The van der Waals surface area contributed by atoms with Gasteiger partial charge in [0.15, 0.2) is 36.7 Å². The lowest BCUT2D eigenvalue weighted by molar-refractivity contribution is -0.317. The Balaban J connectivity index is 0.000000230. The van der Waals surface area contributed by atoms with Gasteiger partial charge in [-0.3, -0.25) is 19.2 Å². The molecule has 0 aromatic rings. The summed E-state index contributed by atoms with van der Waals surface area (Å²) in [5.41, 5.74) is 1.48. The third-order valence-electron chi connectivity index (χ3n) is 26.5. The highest BCUT2D eigenvalue weighted by Crippen LogP contribution is 2.57. The minimum Gasteiger partial charge on any atom is -0.458 e. The summed E-state index contributed by atoms with van der Waals surface area (Å²) in [4.78, 5) is 61.2. The first-order chi connectivity index (χ1) is 51.9. The van der Waals surface area contributed by atoms with Gasteiger partial charge in [0.2, 0.25) is 0 Å². The average molecular weight is 1530 g/mol. The predicted octanol–water partition coefficient (Wildman–Crippen LogP) is 12.5. The molecule has 22 nitrogen and oxygen atoms in total. The summed E-state index contributed by atoms with van der Waals surface area (Å²) in [6.45, 7) is 18.7. The molecular formula is C87H138N2O20. The molecule has 12 unspecified atom stereocenters. The van der Waals surface area contributed by atoms with Crippen LogP contribution in [0.4, 0.5) is 0 Å². The average Bonchev–Trinajstić information content (AvgIpc) is 1.61. The minimum atomic E-state index is -0.995. The Hall–Kier alpha value is -3.92. The number of likely N-dealkylation sites (N-methyl/N-ethyl adjacent to an activating group) is 2. The van der Waals surface area contributed by atoms with Crippen molar-refractivity contribution in [3.8, 4) is 0 Å². The highest BCUT2D eigenvalue weighted by Gasteiger charge is 2.56. The number of carbonyl (C=O) groups is 4. The van der Waals surface area contributed by atoms with Crippen molar-refractivity contribution in [1.29, 1.82) is 0 Å². The Morgan fingerprint density at radius 3 is 1.30 bits per heavy atom. The second-order valence-electron chi connectivity index (χ2n) is 33.7. The fourth-order valence-corrected chi connectivity index (χ4v) is 20.9. The van der Waals surface area contributed by atoms with Crippen molar-refractivity contribution in [3.05, 3.63) is 71.9 Å². The lowest BCUT2D eigenvalue weighted by atomic mass is 9.70. The van der Waals surface area contributed by atoms with E-state index in [9.17, 15) is 24.3 Å². The van der Waals surface area contributed by atoms with Crippen LogP contribution in [0.1, 0.15) is 185 Å². The van der Waals surface area contributed by atoms with Crippen molar-refractivity contribution in [3.63, 3.8) is 0 Å². The Labute approximate surface area is 652 Å². The van der Waals surface area contributed by atoms with Gasteiger partial charge in [0.1, 0.15) is 48.8 Å². The first-order valence-electron chi connectivity index (χ1n) is 41.5. The molecule has 8 fully saturated rings. The van der Waals surface area contributed by atoms with Crippen LogP contribution in [0.25, 0.3) is 0 Å². The number of fused-ring (bicyclic) bond motifs is 10. The molecule has 0 bridgehead atoms. The Morgan fingerprint density at radius 1 is 0.477 bits per heavy atom. The minimum absolute atomic E-state index is 0. The first kappa shape index (κ1) is 87.5. The summed E-state index contributed by atoms with van der Waals surface area (Å²) in [6, 6.07) is 0.654. The van der Waals surface area contributed by atoms with E-state index in [2.05, 4.69) is 114 Å². The van der Waals surface area contributed by atoms with E-state index in [-0.39, 0.29) is 195 Å². The molecule has 6 aliphatic carbocycles. The number of hydrogen-bond donors (Lipinski definition) is 1. The Morgan fingerprint density at radius 2 is 0.899 bits per heavy atom. The maximum absolute atomic E-state index is 14.8. The van der Waals surface area contributed by atoms with E-state index >= 15 is 0 Å². The van der Waals surface area contributed by atoms with Crippen LogP contribution in [-0.2, 0) is 90.2 Å². The lowest BCUT2D eigenvalue weighted by Gasteiger charge is -2.44. The molecule has 1 N–H and O–H groups in total. The molecule has 2 saturated carbocycles. The van der Waals surface area contributed by atoms with Crippen molar-refractivity contribution in [2.24, 2.45) is 71.0 Å². The van der Waals surface area contributed by atoms with Crippen LogP contribution in [0.5, 0.6) is 0 Å². The summed E-state index contributed by atoms with van der Waals surface area (Å²) in [6.07, 6.45) is 27.5. The molecule has 6 saturated heterocycles. The van der Waals surface area contributed by atoms with Crippen LogP contribution in [0.2, 0.25) is 0 Å². The molecule has 34 atom stereocenters. The van der Waals surface area contributed by atoms with Crippen LogP contribution in [-0.4, -0.2) is 237 Å². The van der Waals surface area contributed by atoms with E-state index in [0.717, 1.165) is 88.2 Å². The van der Waals surface area contributed by atoms with Crippen molar-refractivity contribution in [2.45, 2.75) is 320 Å². The molecule has 0 radical (unpaired) electrons. The van der Waals surface area contributed by atoms with Gasteiger partial charge < -0.3 is 86.0 Å². The molecular weight excluding hydrogens is 1390 g/mol. The number of nitrogens with zero attached hydrogens (tertiary/aromatic N) is 2. The van der Waals surface area contributed by atoms with E-state index in [4.69, 9.17) is 71.1 Å². The summed E-state index contributed by atoms with van der Waals surface area (Å²) in [7, 11) is 14.8. The van der Waals surface area contributed by atoms with E-state index < -0.39 is 42.9 Å². The highest BCUT2D eigenvalue weighted by molar-refractivity contribution is 6.00. The number of carbonyl (C=O) groups excluding carboxylic acids is 4. The van der Waals surface area contributed by atoms with Gasteiger partial charge in [-0.25, -0.2) is 0 Å². The van der Waals surface area contributed by atoms with Crippen molar-refractivity contribution < 1.29 is 95.3 Å². The number of esters is 2. The molecule has 6 aliphatic heterocycles. The van der Waals surface area contributed by atoms with Gasteiger partial charge in [-0.05, 0) is 236 Å². The SMILES string of the molecule is C.CC/C=C/[C@H]1CCC[C@H](OC2CC[C@H](N(C)C)[C@@H](C)O2)[C@@H](C)C(=O)C2=CC3C(C=CC4C[C@@H](O[C@@H]5O[C@@H](C)[C@H](OC)[C@@H](OC)[C@H]5O)CC43)C2CC(=O)O1.CC/C=C/[C@H]1CCC[C@H](OC2CC[C@H](N(C)C)[C@@H](C)O2)[C@@H](C)C(=O)C2=CC3C(C=CC4C[C@@H](O[C@@H]5O[C@@H](C)[C@H](OC)[C@@H](OC)[C@H]5OCC)CC43)C2CC(=O)O1. The number of rotatable bonds is 20.